The van der Waals surface area contributed by atoms with Gasteiger partial charge >= 0.3 is 0 Å². The number of hydrogen-bond donors (Lipinski definition) is 0. The van der Waals surface area contributed by atoms with E-state index in [1.54, 1.807) is 48.8 Å². The summed E-state index contributed by atoms with van der Waals surface area (Å²) in [6.07, 6.45) is 2.79. The van der Waals surface area contributed by atoms with Crippen LogP contribution in [0.3, 0.4) is 0 Å². The Kier molecular flexibility index (Phi) is 10.5. The van der Waals surface area contributed by atoms with Crippen LogP contribution in [0.15, 0.2) is 97.3 Å². The third-order valence-electron chi connectivity index (χ3n) is 4.04. The minimum atomic E-state index is -0.664. The minimum absolute atomic E-state index is 0. The number of carbonyl (C=O) groups is 2. The first kappa shape index (κ1) is 24.3. The first-order chi connectivity index (χ1) is 14.5. The van der Waals surface area contributed by atoms with E-state index in [0.29, 0.717) is 11.1 Å². The molecule has 0 aliphatic carbocycles. The van der Waals surface area contributed by atoms with Crippen LogP contribution in [0.2, 0.25) is 0 Å². The van der Waals surface area contributed by atoms with Crippen molar-refractivity contribution in [3.8, 4) is 22.5 Å². The molecule has 0 spiro atoms. The van der Waals surface area contributed by atoms with Crippen molar-refractivity contribution >= 4 is 23.1 Å². The van der Waals surface area contributed by atoms with Crippen LogP contribution in [0, 0.1) is 7.43 Å². The fourth-order valence-electron chi connectivity index (χ4n) is 2.55. The number of halogens is 1. The van der Waals surface area contributed by atoms with E-state index >= 15 is 0 Å². The number of aldehydes is 1. The molecule has 4 rings (SSSR count). The van der Waals surface area contributed by atoms with Crippen molar-refractivity contribution in [1.29, 1.82) is 0 Å². The molecule has 2 heterocycles. The first-order valence-electron chi connectivity index (χ1n) is 9.28. The molecule has 2 aromatic carbocycles. The Balaban J connectivity index is 0.000000301. The molecular formula is C25H20ClN2O2Pd-. The Morgan fingerprint density at radius 2 is 1.23 bits per heavy atom. The van der Waals surface area contributed by atoms with E-state index in [1.165, 1.54) is 0 Å². The zero-order chi connectivity index (χ0) is 21.3. The fourth-order valence-corrected chi connectivity index (χ4v) is 2.67. The van der Waals surface area contributed by atoms with Gasteiger partial charge in [-0.05, 0) is 48.0 Å². The van der Waals surface area contributed by atoms with Crippen LogP contribution in [0.25, 0.3) is 22.5 Å². The molecule has 4 nitrogen and oxygen atoms in total. The van der Waals surface area contributed by atoms with Gasteiger partial charge in [0.25, 0.3) is 5.24 Å². The molecule has 0 aliphatic rings. The van der Waals surface area contributed by atoms with E-state index in [-0.39, 0.29) is 27.8 Å². The number of benzene rings is 2. The van der Waals surface area contributed by atoms with E-state index in [4.69, 9.17) is 13.0 Å². The Labute approximate surface area is 202 Å². The van der Waals surface area contributed by atoms with Gasteiger partial charge in [0, 0.05) is 55.1 Å². The van der Waals surface area contributed by atoms with Crippen LogP contribution in [-0.4, -0.2) is 21.5 Å². The van der Waals surface area contributed by atoms with Gasteiger partial charge in [-0.15, -0.1) is 0 Å². The molecule has 160 valence electrons. The van der Waals surface area contributed by atoms with E-state index in [0.717, 1.165) is 22.5 Å². The molecule has 0 saturated heterocycles. The van der Waals surface area contributed by atoms with Crippen molar-refractivity contribution in [2.24, 2.45) is 0 Å². The van der Waals surface area contributed by atoms with Crippen LogP contribution in [0.5, 0.6) is 0 Å². The van der Waals surface area contributed by atoms with Gasteiger partial charge < -0.3 is 7.43 Å². The Morgan fingerprint density at radius 1 is 0.774 bits per heavy atom. The molecule has 2 aromatic heterocycles. The summed E-state index contributed by atoms with van der Waals surface area (Å²) in [4.78, 5) is 30.0. The summed E-state index contributed by atoms with van der Waals surface area (Å²) in [5.74, 6) is 0. The summed E-state index contributed by atoms with van der Waals surface area (Å²) >= 11 is 5.35. The molecule has 4 aromatic rings. The van der Waals surface area contributed by atoms with Gasteiger partial charge in [-0.3, -0.25) is 19.6 Å². The molecule has 0 unspecified atom stereocenters. The molecule has 0 saturated carbocycles. The predicted molar refractivity (Wildman–Crippen MR) is 121 cm³/mol. The smallest absolute Gasteiger partial charge is 0.252 e. The van der Waals surface area contributed by atoms with E-state index in [1.807, 2.05) is 48.5 Å². The summed E-state index contributed by atoms with van der Waals surface area (Å²) in [6, 6.07) is 25.3. The van der Waals surface area contributed by atoms with Crippen LogP contribution < -0.4 is 0 Å². The number of carbonyl (C=O) groups excluding carboxylic acids is 2. The Hall–Kier alpha value is -2.97. The van der Waals surface area contributed by atoms with Crippen molar-refractivity contribution in [2.75, 3.05) is 0 Å². The van der Waals surface area contributed by atoms with Gasteiger partial charge in [0.1, 0.15) is 7.63 Å². The molecular weight excluding hydrogens is 502 g/mol. The number of aromatic nitrogens is 2. The summed E-state index contributed by atoms with van der Waals surface area (Å²) in [7, 11) is 0. The monoisotopic (exact) mass is 522 g/mol. The van der Waals surface area contributed by atoms with Crippen molar-refractivity contribution in [2.45, 2.75) is 0 Å². The second-order valence-corrected chi connectivity index (χ2v) is 6.30. The number of hydrogen-bond acceptors (Lipinski definition) is 4. The topological polar surface area (TPSA) is 59.9 Å². The van der Waals surface area contributed by atoms with Crippen molar-refractivity contribution in [3.63, 3.8) is 0 Å². The molecule has 31 heavy (non-hydrogen) atoms. The van der Waals surface area contributed by atoms with E-state index in [9.17, 15) is 9.59 Å². The molecule has 0 atom stereocenters. The van der Waals surface area contributed by atoms with Gasteiger partial charge in [-0.2, -0.15) is 0 Å². The molecule has 0 aliphatic heterocycles. The average Bonchev–Trinajstić information content (AvgIpc) is 2.81. The van der Waals surface area contributed by atoms with Crippen LogP contribution >= 0.6 is 11.6 Å². The molecule has 0 fully saturated rings. The predicted octanol–water partition coefficient (Wildman–Crippen LogP) is 6.14. The van der Waals surface area contributed by atoms with Crippen LogP contribution in [0.1, 0.15) is 22.1 Å². The zero-order valence-electron chi connectivity index (χ0n) is 17.6. The van der Waals surface area contributed by atoms with Gasteiger partial charge in [0.15, 0.2) is 0 Å². The third-order valence-corrected chi connectivity index (χ3v) is 4.25. The summed E-state index contributed by atoms with van der Waals surface area (Å²) in [5.41, 5.74) is 4.55. The maximum absolute atomic E-state index is 10.8. The first-order valence-corrected chi connectivity index (χ1v) is 9.16. The number of nitrogens with zero attached hydrogens (tertiary/aromatic N) is 2. The third kappa shape index (κ3) is 7.66. The van der Waals surface area contributed by atoms with Gasteiger partial charge in [-0.1, -0.05) is 48.5 Å². The van der Waals surface area contributed by atoms with Crippen molar-refractivity contribution in [1.82, 2.24) is 9.97 Å². The Bertz CT molecular complexity index is 1030. The van der Waals surface area contributed by atoms with E-state index in [2.05, 4.69) is 9.97 Å². The van der Waals surface area contributed by atoms with Gasteiger partial charge in [-0.25, -0.2) is 0 Å². The summed E-state index contributed by atoms with van der Waals surface area (Å²) < 4.78 is 6.94. The minimum Gasteiger partial charge on any atom is -0.358 e. The molecule has 0 N–H and O–H groups in total. The fraction of sp³-hybridized carbons (Fsp3) is 0. The summed E-state index contributed by atoms with van der Waals surface area (Å²) in [6.45, 7) is 0. The molecule has 0 radical (unpaired) electrons. The van der Waals surface area contributed by atoms with Gasteiger partial charge in [0.05, 0.1) is 11.4 Å². The summed E-state index contributed by atoms with van der Waals surface area (Å²) in [5, 5.41) is -0.442. The van der Waals surface area contributed by atoms with Crippen LogP contribution in [0.4, 0.5) is 0 Å². The Morgan fingerprint density at radius 3 is 1.58 bits per heavy atom. The number of rotatable bonds is 4. The van der Waals surface area contributed by atoms with E-state index < -0.39 is 11.5 Å². The largest absolute Gasteiger partial charge is 0.358 e. The quantitative estimate of drug-likeness (QED) is 0.140. The van der Waals surface area contributed by atoms with Gasteiger partial charge in [0.2, 0.25) is 0 Å². The molecule has 6 heteroatoms. The maximum Gasteiger partial charge on any atom is 0.252 e. The maximum atomic E-state index is 10.8. The SMILES string of the molecule is O=C(Cl)c1ccc(-c2ccccn2)cc1.[2H]C(=O)c1ccc(-c2ccccn2)cc1.[CH3-].[Pd]. The van der Waals surface area contributed by atoms with Crippen molar-refractivity contribution < 1.29 is 31.4 Å². The van der Waals surface area contributed by atoms with Crippen molar-refractivity contribution in [3.05, 3.63) is 116 Å². The molecule has 0 bridgehead atoms. The number of pyridine rings is 2. The standard InChI is InChI=1S/C12H8ClNO.C12H9NO.CH3.Pd/c13-12(15)10-6-4-9(5-7-10)11-3-1-2-8-14-11;14-9-10-4-6-11(7-5-10)12-3-1-2-8-13-12;;/h1-8H;1-9H;1H3;/q;;-1;/i;9D;;. The second kappa shape index (κ2) is 13.4. The molecule has 0 amide bonds. The second-order valence-electron chi connectivity index (χ2n) is 5.96. The zero-order valence-corrected chi connectivity index (χ0v) is 19.0. The van der Waals surface area contributed by atoms with Crippen LogP contribution in [-0.2, 0) is 20.4 Å². The average molecular weight is 523 g/mol. The normalized spacial score (nSPS) is 9.65.